The molecule has 0 saturated heterocycles. The van der Waals surface area contributed by atoms with Crippen molar-refractivity contribution in [2.45, 2.75) is 0 Å². The van der Waals surface area contributed by atoms with Gasteiger partial charge in [0.25, 0.3) is 0 Å². The molecule has 0 saturated carbocycles. The van der Waals surface area contributed by atoms with Crippen molar-refractivity contribution in [1.82, 2.24) is 4.98 Å². The number of aromatic nitrogens is 1. The summed E-state index contributed by atoms with van der Waals surface area (Å²) in [5, 5.41) is 0. The number of rotatable bonds is 2. The second kappa shape index (κ2) is 3.40. The van der Waals surface area contributed by atoms with Crippen LogP contribution in [-0.4, -0.2) is 20.4 Å². The number of nitrogen functional groups attached to an aromatic ring is 1. The maximum absolute atomic E-state index is 10.5. The van der Waals surface area contributed by atoms with Gasteiger partial charge in [0.15, 0.2) is 0 Å². The highest BCUT2D eigenvalue weighted by atomic mass is 32.2. The van der Waals surface area contributed by atoms with E-state index in [1.54, 1.807) is 12.1 Å². The number of nitrogens with zero attached hydrogens (tertiary/aromatic N) is 2. The maximum Gasteiger partial charge on any atom is 0.225 e. The minimum absolute atomic E-state index is 0.361. The summed E-state index contributed by atoms with van der Waals surface area (Å²) in [6, 6.07) is 3.14. The molecule has 2 N–H and O–H groups in total. The summed E-state index contributed by atoms with van der Waals surface area (Å²) in [6.45, 7) is 0. The Morgan fingerprint density at radius 3 is 2.58 bits per heavy atom. The zero-order valence-corrected chi connectivity index (χ0v) is 7.36. The Kier molecular flexibility index (Phi) is 2.49. The second-order valence-electron chi connectivity index (χ2n) is 2.21. The Balaban J connectivity index is 2.97. The molecule has 1 rings (SSSR count). The normalized spacial score (nSPS) is 10.2. The summed E-state index contributed by atoms with van der Waals surface area (Å²) in [5.74, 6) is 0.361. The van der Waals surface area contributed by atoms with Gasteiger partial charge in [-0.25, -0.2) is 13.4 Å². The summed E-state index contributed by atoms with van der Waals surface area (Å²) >= 11 is 0. The largest absolute Gasteiger partial charge is 0.397 e. The molecule has 66 valence electrons. The van der Waals surface area contributed by atoms with Gasteiger partial charge >= 0.3 is 0 Å². The van der Waals surface area contributed by atoms with Crippen LogP contribution in [0.3, 0.4) is 0 Å². The standard InChI is InChI=1S/C6H9N3O2S/c1-9(12(10)11)6-3-2-5(7)4-8-6/h2-4,12H,7H2,1H3. The Morgan fingerprint density at radius 1 is 1.50 bits per heavy atom. The molecule has 0 bridgehead atoms. The highest BCUT2D eigenvalue weighted by Gasteiger charge is 2.01. The van der Waals surface area contributed by atoms with Gasteiger partial charge in [-0.15, -0.1) is 0 Å². The van der Waals surface area contributed by atoms with Crippen molar-refractivity contribution in [2.24, 2.45) is 0 Å². The van der Waals surface area contributed by atoms with Crippen LogP contribution < -0.4 is 10.0 Å². The van der Waals surface area contributed by atoms with Crippen molar-refractivity contribution < 1.29 is 8.42 Å². The molecule has 0 aromatic carbocycles. The molecular formula is C6H9N3O2S. The van der Waals surface area contributed by atoms with Gasteiger partial charge in [-0.05, 0) is 12.1 Å². The van der Waals surface area contributed by atoms with Crippen LogP contribution in [0.25, 0.3) is 0 Å². The number of pyridine rings is 1. The van der Waals surface area contributed by atoms with E-state index in [1.165, 1.54) is 13.2 Å². The van der Waals surface area contributed by atoms with E-state index < -0.39 is 10.9 Å². The van der Waals surface area contributed by atoms with Crippen molar-refractivity contribution >= 4 is 22.4 Å². The van der Waals surface area contributed by atoms with Crippen LogP contribution >= 0.6 is 0 Å². The predicted octanol–water partition coefficient (Wildman–Crippen LogP) is -0.374. The highest BCUT2D eigenvalue weighted by molar-refractivity contribution is 7.74. The molecule has 12 heavy (non-hydrogen) atoms. The number of hydrogen-bond donors (Lipinski definition) is 2. The third-order valence-corrected chi connectivity index (χ3v) is 2.04. The molecule has 0 aliphatic carbocycles. The van der Waals surface area contributed by atoms with Crippen LogP contribution in [0.15, 0.2) is 18.3 Å². The Hall–Kier alpha value is -1.30. The van der Waals surface area contributed by atoms with Crippen molar-refractivity contribution in [3.63, 3.8) is 0 Å². The SMILES string of the molecule is CN(c1ccc(N)cn1)[SH](=O)=O. The number of nitrogens with two attached hydrogens (primary N) is 1. The lowest BCUT2D eigenvalue weighted by atomic mass is 10.4. The average molecular weight is 187 g/mol. The molecule has 1 aromatic rings. The van der Waals surface area contributed by atoms with Crippen LogP contribution in [0.4, 0.5) is 11.5 Å². The van der Waals surface area contributed by atoms with Crippen LogP contribution in [-0.2, 0) is 10.9 Å². The van der Waals surface area contributed by atoms with Gasteiger partial charge < -0.3 is 5.73 Å². The van der Waals surface area contributed by atoms with E-state index in [4.69, 9.17) is 5.73 Å². The lowest BCUT2D eigenvalue weighted by Gasteiger charge is -2.08. The topological polar surface area (TPSA) is 76.3 Å². The van der Waals surface area contributed by atoms with Crippen molar-refractivity contribution in [2.75, 3.05) is 17.1 Å². The lowest BCUT2D eigenvalue weighted by molar-refractivity contribution is 0.612. The van der Waals surface area contributed by atoms with Crippen molar-refractivity contribution in [3.8, 4) is 0 Å². The molecule has 0 spiro atoms. The van der Waals surface area contributed by atoms with E-state index >= 15 is 0 Å². The molecule has 0 aliphatic rings. The summed E-state index contributed by atoms with van der Waals surface area (Å²) in [5.41, 5.74) is 5.88. The molecular weight excluding hydrogens is 178 g/mol. The van der Waals surface area contributed by atoms with Crippen molar-refractivity contribution in [3.05, 3.63) is 18.3 Å². The van der Waals surface area contributed by atoms with E-state index in [2.05, 4.69) is 4.98 Å². The van der Waals surface area contributed by atoms with E-state index in [-0.39, 0.29) is 0 Å². The molecule has 6 heteroatoms. The second-order valence-corrected chi connectivity index (χ2v) is 3.29. The Bertz CT molecular complexity index is 325. The monoisotopic (exact) mass is 187 g/mol. The van der Waals surface area contributed by atoms with E-state index in [0.717, 1.165) is 4.31 Å². The fraction of sp³-hybridized carbons (Fsp3) is 0.167. The van der Waals surface area contributed by atoms with Crippen LogP contribution in [0.1, 0.15) is 0 Å². The fourth-order valence-electron chi connectivity index (χ4n) is 0.673. The van der Waals surface area contributed by atoms with Gasteiger partial charge in [-0.1, -0.05) is 0 Å². The quantitative estimate of drug-likeness (QED) is 0.619. The van der Waals surface area contributed by atoms with Gasteiger partial charge in [0, 0.05) is 7.05 Å². The summed E-state index contributed by atoms with van der Waals surface area (Å²) in [7, 11) is -1.20. The molecule has 0 fully saturated rings. The smallest absolute Gasteiger partial charge is 0.225 e. The van der Waals surface area contributed by atoms with Gasteiger partial charge in [-0.3, -0.25) is 4.31 Å². The number of anilines is 2. The molecule has 1 heterocycles. The van der Waals surface area contributed by atoms with E-state index in [1.807, 2.05) is 0 Å². The van der Waals surface area contributed by atoms with Crippen LogP contribution in [0.5, 0.6) is 0 Å². The number of thiol groups is 1. The highest BCUT2D eigenvalue weighted by Crippen LogP contribution is 2.09. The zero-order chi connectivity index (χ0) is 9.14. The van der Waals surface area contributed by atoms with Crippen molar-refractivity contribution in [1.29, 1.82) is 0 Å². The first-order valence-electron chi connectivity index (χ1n) is 3.21. The van der Waals surface area contributed by atoms with Gasteiger partial charge in [0.1, 0.15) is 5.82 Å². The van der Waals surface area contributed by atoms with E-state index in [0.29, 0.717) is 11.5 Å². The molecule has 0 unspecified atom stereocenters. The molecule has 0 amide bonds. The average Bonchev–Trinajstić information content (AvgIpc) is 2.04. The first-order valence-corrected chi connectivity index (χ1v) is 4.34. The van der Waals surface area contributed by atoms with Crippen LogP contribution in [0.2, 0.25) is 0 Å². The van der Waals surface area contributed by atoms with E-state index in [9.17, 15) is 8.42 Å². The molecule has 0 radical (unpaired) electrons. The molecule has 0 atom stereocenters. The minimum Gasteiger partial charge on any atom is -0.397 e. The predicted molar refractivity (Wildman–Crippen MR) is 47.4 cm³/mol. The summed E-state index contributed by atoms with van der Waals surface area (Å²) < 4.78 is 22.0. The lowest BCUT2D eigenvalue weighted by Crippen LogP contribution is -2.15. The Morgan fingerprint density at radius 2 is 2.17 bits per heavy atom. The Labute approximate surface area is 71.9 Å². The van der Waals surface area contributed by atoms with Gasteiger partial charge in [-0.2, -0.15) is 0 Å². The maximum atomic E-state index is 10.5. The first-order chi connectivity index (χ1) is 5.61. The molecule has 5 nitrogen and oxygen atoms in total. The molecule has 1 aromatic heterocycles. The molecule has 0 aliphatic heterocycles. The van der Waals surface area contributed by atoms with Gasteiger partial charge in [0.2, 0.25) is 10.9 Å². The fourth-order valence-corrected chi connectivity index (χ4v) is 0.958. The third kappa shape index (κ3) is 1.85. The number of hydrogen-bond acceptors (Lipinski definition) is 4. The summed E-state index contributed by atoms with van der Waals surface area (Å²) in [6.07, 6.45) is 1.41. The minimum atomic E-state index is -2.62. The third-order valence-electron chi connectivity index (χ3n) is 1.35. The summed E-state index contributed by atoms with van der Waals surface area (Å²) in [4.78, 5) is 3.82. The first kappa shape index (κ1) is 8.79. The van der Waals surface area contributed by atoms with Crippen LogP contribution in [0, 0.1) is 0 Å². The van der Waals surface area contributed by atoms with Gasteiger partial charge in [0.05, 0.1) is 11.9 Å². The zero-order valence-electron chi connectivity index (χ0n) is 6.47.